The molecule has 0 heterocycles. The quantitative estimate of drug-likeness (QED) is 0.403. The van der Waals surface area contributed by atoms with Gasteiger partial charge in [0, 0.05) is 13.0 Å². The molecule has 0 bridgehead atoms. The van der Waals surface area contributed by atoms with Crippen LogP contribution in [-0.4, -0.2) is 53.7 Å². The van der Waals surface area contributed by atoms with Crippen LogP contribution in [0, 0.1) is 50.2 Å². The minimum Gasteiger partial charge on any atom is -0.481 e. The van der Waals surface area contributed by atoms with Crippen LogP contribution in [0.3, 0.4) is 0 Å². The minimum absolute atomic E-state index is 0.0308. The second kappa shape index (κ2) is 9.39. The summed E-state index contributed by atoms with van der Waals surface area (Å²) in [6.45, 7) is 12.2. The number of carbonyl (C=O) groups is 4. The number of rotatable bonds is 5. The van der Waals surface area contributed by atoms with Crippen molar-refractivity contribution < 1.29 is 38.9 Å². The highest BCUT2D eigenvalue weighted by molar-refractivity contribution is 5.96. The molecule has 4 saturated carbocycles. The van der Waals surface area contributed by atoms with Gasteiger partial charge in [-0.05, 0) is 111 Å². The van der Waals surface area contributed by atoms with Crippen LogP contribution in [0.15, 0.2) is 11.6 Å². The number of carbonyl (C=O) groups excluding carboxylic acids is 2. The molecule has 5 rings (SSSR count). The normalized spacial score (nSPS) is 49.0. The number of aliphatic carboxylic acids is 2. The summed E-state index contributed by atoms with van der Waals surface area (Å²) in [7, 11) is 1.40. The summed E-state index contributed by atoms with van der Waals surface area (Å²) in [6, 6.07) is 0. The highest BCUT2D eigenvalue weighted by atomic mass is 16.6. The van der Waals surface area contributed by atoms with Gasteiger partial charge in [-0.2, -0.15) is 0 Å². The summed E-state index contributed by atoms with van der Waals surface area (Å²) in [5.41, 5.74) is -2.31. The molecule has 0 aromatic rings. The van der Waals surface area contributed by atoms with Crippen molar-refractivity contribution in [3.8, 4) is 0 Å². The lowest BCUT2D eigenvalue weighted by molar-refractivity contribution is -0.222. The summed E-state index contributed by atoms with van der Waals surface area (Å²) in [6.07, 6.45) is 7.31. The predicted molar refractivity (Wildman–Crippen MR) is 151 cm³/mol. The van der Waals surface area contributed by atoms with E-state index in [0.717, 1.165) is 24.8 Å². The lowest BCUT2D eigenvalue weighted by Gasteiger charge is -2.70. The molecule has 8 heteroatoms. The monoisotopic (exact) mass is 572 g/mol. The maximum Gasteiger partial charge on any atom is 0.332 e. The van der Waals surface area contributed by atoms with Gasteiger partial charge in [0.15, 0.2) is 5.78 Å². The number of hydrogen-bond acceptors (Lipinski definition) is 6. The molecule has 0 spiro atoms. The van der Waals surface area contributed by atoms with Crippen molar-refractivity contribution in [2.45, 2.75) is 105 Å². The van der Waals surface area contributed by atoms with Crippen LogP contribution in [0.4, 0.5) is 0 Å². The summed E-state index contributed by atoms with van der Waals surface area (Å²) in [4.78, 5) is 52.1. The summed E-state index contributed by atoms with van der Waals surface area (Å²) < 4.78 is 10.6. The van der Waals surface area contributed by atoms with Crippen molar-refractivity contribution >= 4 is 23.7 Å². The number of hydrogen-bond donors (Lipinski definition) is 2. The van der Waals surface area contributed by atoms with Gasteiger partial charge in [0.1, 0.15) is 18.1 Å². The molecule has 4 fully saturated rings. The van der Waals surface area contributed by atoms with E-state index in [1.165, 1.54) is 7.11 Å². The molecule has 0 unspecified atom stereocenters. The van der Waals surface area contributed by atoms with E-state index in [9.17, 15) is 29.4 Å². The number of allylic oxidation sites excluding steroid dienone is 2. The van der Waals surface area contributed by atoms with Crippen molar-refractivity contribution in [1.82, 2.24) is 0 Å². The maximum absolute atomic E-state index is 14.4. The molecule has 0 aromatic heterocycles. The van der Waals surface area contributed by atoms with E-state index in [0.29, 0.717) is 38.5 Å². The topological polar surface area (TPSA) is 127 Å². The second-order valence-corrected chi connectivity index (χ2v) is 15.6. The molecule has 0 radical (unpaired) electrons. The zero-order valence-electron chi connectivity index (χ0n) is 25.8. The Morgan fingerprint density at radius 3 is 2.17 bits per heavy atom. The Morgan fingerprint density at radius 2 is 1.56 bits per heavy atom. The molecule has 5 aliphatic rings. The third-order valence-corrected chi connectivity index (χ3v) is 13.7. The van der Waals surface area contributed by atoms with Crippen LogP contribution in [0.25, 0.3) is 0 Å². The number of carboxylic acids is 2. The number of ketones is 1. The Hall–Kier alpha value is -2.22. The predicted octanol–water partition coefficient (Wildman–Crippen LogP) is 5.67. The average molecular weight is 573 g/mol. The van der Waals surface area contributed by atoms with E-state index < -0.39 is 45.7 Å². The molecule has 0 aliphatic heterocycles. The van der Waals surface area contributed by atoms with Crippen molar-refractivity contribution in [3.63, 3.8) is 0 Å². The van der Waals surface area contributed by atoms with Gasteiger partial charge >= 0.3 is 17.9 Å². The van der Waals surface area contributed by atoms with Crippen molar-refractivity contribution in [2.24, 2.45) is 50.2 Å². The molecule has 0 amide bonds. The largest absolute Gasteiger partial charge is 0.481 e. The molecule has 0 aromatic carbocycles. The molecule has 5 aliphatic carbocycles. The zero-order valence-corrected chi connectivity index (χ0v) is 25.8. The fourth-order valence-electron chi connectivity index (χ4n) is 10.8. The van der Waals surface area contributed by atoms with Crippen molar-refractivity contribution in [2.75, 3.05) is 13.7 Å². The second-order valence-electron chi connectivity index (χ2n) is 15.6. The molecule has 0 saturated heterocycles. The van der Waals surface area contributed by atoms with Gasteiger partial charge in [-0.1, -0.05) is 33.3 Å². The minimum atomic E-state index is -1.33. The van der Waals surface area contributed by atoms with Gasteiger partial charge in [0.05, 0.1) is 5.41 Å². The van der Waals surface area contributed by atoms with Crippen molar-refractivity contribution in [3.05, 3.63) is 11.6 Å². The van der Waals surface area contributed by atoms with Gasteiger partial charge in [-0.15, -0.1) is 0 Å². The summed E-state index contributed by atoms with van der Waals surface area (Å²) in [5.74, 6) is -2.96. The summed E-state index contributed by atoms with van der Waals surface area (Å²) >= 11 is 0. The van der Waals surface area contributed by atoms with Crippen LogP contribution in [0.2, 0.25) is 0 Å². The molecular formula is C33H48O8. The third kappa shape index (κ3) is 3.94. The Bertz CT molecular complexity index is 1210. The number of methoxy groups -OCH3 is 1. The number of carboxylic acid groups (broad SMARTS) is 2. The first-order valence-corrected chi connectivity index (χ1v) is 15.3. The molecule has 228 valence electrons. The van der Waals surface area contributed by atoms with Gasteiger partial charge in [-0.3, -0.25) is 14.4 Å². The van der Waals surface area contributed by atoms with Crippen molar-refractivity contribution in [1.29, 1.82) is 0 Å². The first-order chi connectivity index (χ1) is 18.9. The third-order valence-electron chi connectivity index (χ3n) is 13.7. The number of fused-ring (bicyclic) bond motifs is 7. The van der Waals surface area contributed by atoms with E-state index >= 15 is 0 Å². The highest BCUT2D eigenvalue weighted by Gasteiger charge is 2.72. The first kappa shape index (κ1) is 30.2. The fourth-order valence-corrected chi connectivity index (χ4v) is 10.8. The Kier molecular flexibility index (Phi) is 6.93. The molecule has 10 atom stereocenters. The Balaban J connectivity index is 1.57. The molecule has 41 heavy (non-hydrogen) atoms. The van der Waals surface area contributed by atoms with E-state index in [1.807, 2.05) is 13.0 Å². The molecule has 2 N–H and O–H groups in total. The smallest absolute Gasteiger partial charge is 0.332 e. The maximum atomic E-state index is 14.4. The van der Waals surface area contributed by atoms with E-state index in [-0.39, 0.29) is 41.0 Å². The SMILES string of the molecule is COCC(=O)O[C@H]1CC[C@@]2(C)[C@@H](CC[C@]3(C)[C@@H]2C(=O)C=C2[C@@H]4C[C@@](C)(C(=O)O)CC[C@]4(C)CC[C@]23C)[C@]1(C)C(=O)O. The fraction of sp³-hybridized carbons (Fsp3) is 0.818. The van der Waals surface area contributed by atoms with Crippen LogP contribution < -0.4 is 0 Å². The Labute approximate surface area is 243 Å². The lowest BCUT2D eigenvalue weighted by atomic mass is 9.33. The van der Waals surface area contributed by atoms with E-state index in [1.54, 1.807) is 6.92 Å². The number of esters is 1. The highest BCUT2D eigenvalue weighted by Crippen LogP contribution is 2.75. The number of ether oxygens (including phenoxy) is 2. The average Bonchev–Trinajstić information content (AvgIpc) is 2.88. The van der Waals surface area contributed by atoms with E-state index in [4.69, 9.17) is 9.47 Å². The lowest BCUT2D eigenvalue weighted by Crippen LogP contribution is -2.68. The van der Waals surface area contributed by atoms with Crippen LogP contribution in [0.1, 0.15) is 99.3 Å². The molecule has 8 nitrogen and oxygen atoms in total. The summed E-state index contributed by atoms with van der Waals surface area (Å²) in [5, 5.41) is 20.7. The van der Waals surface area contributed by atoms with Crippen LogP contribution in [-0.2, 0) is 28.7 Å². The first-order valence-electron chi connectivity index (χ1n) is 15.3. The molecular weight excluding hydrogens is 524 g/mol. The van der Waals surface area contributed by atoms with E-state index in [2.05, 4.69) is 27.7 Å². The van der Waals surface area contributed by atoms with Gasteiger partial charge in [0.2, 0.25) is 0 Å². The van der Waals surface area contributed by atoms with Gasteiger partial charge < -0.3 is 19.7 Å². The van der Waals surface area contributed by atoms with Gasteiger partial charge in [0.25, 0.3) is 0 Å². The Morgan fingerprint density at radius 1 is 0.902 bits per heavy atom. The standard InChI is InChI=1S/C33H48O8/c1-28-12-13-29(2,26(36)37)17-20(28)19-16-21(34)25-30(3)10-9-23(41-24(35)18-40-7)33(6,27(38)39)22(30)8-11-32(25,5)31(19,4)15-14-28/h16,20,22-23,25H,8-15,17-18H2,1-7H3,(H,36,37)(H,38,39)/t20-,22+,23-,25+,28+,29-,30-,31+,32+,33-/m0/s1. The van der Waals surface area contributed by atoms with Crippen LogP contribution in [0.5, 0.6) is 0 Å². The van der Waals surface area contributed by atoms with Crippen LogP contribution >= 0.6 is 0 Å². The zero-order chi connectivity index (χ0) is 30.4. The van der Waals surface area contributed by atoms with Gasteiger partial charge in [-0.25, -0.2) is 4.79 Å².